The highest BCUT2D eigenvalue weighted by atomic mass is 16.6. The number of carbonyl (C=O) groups excluding carboxylic acids is 1. The molecule has 0 radical (unpaired) electrons. The Kier molecular flexibility index (Phi) is 8.62. The topological polar surface area (TPSA) is 106 Å². The molecule has 2 atom stereocenters. The van der Waals surface area contributed by atoms with Gasteiger partial charge in [-0.2, -0.15) is 0 Å². The molecule has 1 heterocycles. The van der Waals surface area contributed by atoms with E-state index in [0.29, 0.717) is 29.4 Å². The lowest BCUT2D eigenvalue weighted by Crippen LogP contribution is -2.28. The van der Waals surface area contributed by atoms with E-state index < -0.39 is 4.92 Å². The minimum atomic E-state index is -0.493. The monoisotopic (exact) mass is 476 g/mol. The first-order chi connectivity index (χ1) is 16.8. The molecule has 9 nitrogen and oxygen atoms in total. The van der Waals surface area contributed by atoms with E-state index in [0.717, 1.165) is 12.8 Å². The average molecular weight is 477 g/mol. The molecule has 9 heteroatoms. The van der Waals surface area contributed by atoms with Gasteiger partial charge in [-0.1, -0.05) is 43.3 Å². The van der Waals surface area contributed by atoms with Crippen molar-refractivity contribution in [1.29, 1.82) is 0 Å². The second-order valence-electron chi connectivity index (χ2n) is 8.66. The number of hydrogen-bond acceptors (Lipinski definition) is 7. The summed E-state index contributed by atoms with van der Waals surface area (Å²) in [5.41, 5.74) is 1.03. The summed E-state index contributed by atoms with van der Waals surface area (Å²) >= 11 is 0. The van der Waals surface area contributed by atoms with Crippen molar-refractivity contribution in [2.24, 2.45) is 0 Å². The predicted octanol–water partition coefficient (Wildman–Crippen LogP) is 4.47. The third-order valence-electron chi connectivity index (χ3n) is 5.90. The molecular formula is C26H32N6O3. The van der Waals surface area contributed by atoms with Gasteiger partial charge in [0, 0.05) is 23.7 Å². The van der Waals surface area contributed by atoms with Crippen LogP contribution in [0.15, 0.2) is 61.2 Å². The summed E-state index contributed by atoms with van der Waals surface area (Å²) in [5, 5.41) is 23.9. The normalized spacial score (nSPS) is 12.9. The van der Waals surface area contributed by atoms with E-state index >= 15 is 0 Å². The van der Waals surface area contributed by atoms with Gasteiger partial charge in [0.15, 0.2) is 17.4 Å². The molecule has 2 unspecified atom stereocenters. The Bertz CT molecular complexity index is 1190. The molecule has 0 bridgehead atoms. The fourth-order valence-corrected chi connectivity index (χ4v) is 4.06. The van der Waals surface area contributed by atoms with E-state index in [1.165, 1.54) is 12.1 Å². The molecule has 2 aromatic carbocycles. The molecule has 0 fully saturated rings. The van der Waals surface area contributed by atoms with Crippen LogP contribution in [0.4, 0.5) is 5.69 Å². The molecule has 0 amide bonds. The number of hydrogen-bond donors (Lipinski definition) is 1. The van der Waals surface area contributed by atoms with Crippen LogP contribution in [0.5, 0.6) is 0 Å². The number of nitro benzene ring substituents is 1. The number of nitrogens with one attached hydrogen (secondary N) is 1. The Hall–Kier alpha value is -3.69. The highest BCUT2D eigenvalue weighted by molar-refractivity contribution is 6.11. The zero-order valence-corrected chi connectivity index (χ0v) is 20.6. The number of ketones is 1. The van der Waals surface area contributed by atoms with E-state index in [4.69, 9.17) is 0 Å². The van der Waals surface area contributed by atoms with Crippen LogP contribution < -0.4 is 5.32 Å². The van der Waals surface area contributed by atoms with Gasteiger partial charge in [0.2, 0.25) is 0 Å². The molecule has 0 aliphatic rings. The molecule has 0 saturated heterocycles. The number of benzene rings is 2. The summed E-state index contributed by atoms with van der Waals surface area (Å²) in [5.74, 6) is 0.981. The zero-order chi connectivity index (χ0) is 25.5. The molecule has 184 valence electrons. The van der Waals surface area contributed by atoms with Gasteiger partial charge in [-0.25, -0.2) is 0 Å². The average Bonchev–Trinajstić information content (AvgIpc) is 3.26. The van der Waals surface area contributed by atoms with Crippen molar-refractivity contribution in [3.8, 4) is 5.69 Å². The maximum atomic E-state index is 13.6. The standard InChI is InChI=1S/C26H32N6O3/c1-6-11-18(3)27-17-24-28-29-26(22(7-2)30(4)5)31(24)23-15-14-20(32(34)35)16-21(23)25(33)19-12-9-8-10-13-19/h6,8-10,12-16,18,22,27H,1,7,11,17H2,2-5H3. The molecule has 0 spiro atoms. The van der Waals surface area contributed by atoms with Crippen molar-refractivity contribution >= 4 is 11.5 Å². The van der Waals surface area contributed by atoms with E-state index in [1.54, 1.807) is 30.3 Å². The van der Waals surface area contributed by atoms with Crippen LogP contribution in [-0.2, 0) is 6.54 Å². The van der Waals surface area contributed by atoms with Gasteiger partial charge >= 0.3 is 0 Å². The summed E-state index contributed by atoms with van der Waals surface area (Å²) in [7, 11) is 3.92. The molecule has 1 aromatic heterocycles. The van der Waals surface area contributed by atoms with Crippen LogP contribution in [0, 0.1) is 10.1 Å². The predicted molar refractivity (Wildman–Crippen MR) is 136 cm³/mol. The minimum absolute atomic E-state index is 0.0725. The van der Waals surface area contributed by atoms with E-state index in [9.17, 15) is 14.9 Å². The Morgan fingerprint density at radius 2 is 1.94 bits per heavy atom. The largest absolute Gasteiger partial charge is 0.307 e. The third-order valence-corrected chi connectivity index (χ3v) is 5.90. The maximum absolute atomic E-state index is 13.6. The smallest absolute Gasteiger partial charge is 0.270 e. The van der Waals surface area contributed by atoms with Gasteiger partial charge < -0.3 is 5.32 Å². The lowest BCUT2D eigenvalue weighted by molar-refractivity contribution is -0.384. The quantitative estimate of drug-likeness (QED) is 0.178. The van der Waals surface area contributed by atoms with E-state index in [2.05, 4.69) is 29.0 Å². The second-order valence-corrected chi connectivity index (χ2v) is 8.66. The van der Waals surface area contributed by atoms with Gasteiger partial charge in [0.05, 0.1) is 28.8 Å². The van der Waals surface area contributed by atoms with Crippen LogP contribution in [0.2, 0.25) is 0 Å². The Balaban J connectivity index is 2.22. The van der Waals surface area contributed by atoms with Crippen LogP contribution in [0.1, 0.15) is 60.3 Å². The Morgan fingerprint density at radius 1 is 1.23 bits per heavy atom. The molecule has 0 saturated carbocycles. The number of nitro groups is 1. The van der Waals surface area contributed by atoms with Gasteiger partial charge in [0.1, 0.15) is 0 Å². The van der Waals surface area contributed by atoms with Gasteiger partial charge in [0.25, 0.3) is 5.69 Å². The van der Waals surface area contributed by atoms with Crippen molar-refractivity contribution in [3.63, 3.8) is 0 Å². The first-order valence-corrected chi connectivity index (χ1v) is 11.6. The number of aromatic nitrogens is 3. The first-order valence-electron chi connectivity index (χ1n) is 11.6. The number of nitrogens with zero attached hydrogens (tertiary/aromatic N) is 5. The van der Waals surface area contributed by atoms with Crippen LogP contribution in [0.25, 0.3) is 5.69 Å². The van der Waals surface area contributed by atoms with E-state index in [-0.39, 0.29) is 29.1 Å². The fourth-order valence-electron chi connectivity index (χ4n) is 4.06. The highest BCUT2D eigenvalue weighted by Gasteiger charge is 2.27. The Morgan fingerprint density at radius 3 is 2.54 bits per heavy atom. The maximum Gasteiger partial charge on any atom is 0.270 e. The molecule has 1 N–H and O–H groups in total. The summed E-state index contributed by atoms with van der Waals surface area (Å²) in [6, 6.07) is 13.2. The number of carbonyl (C=O) groups is 1. The zero-order valence-electron chi connectivity index (χ0n) is 20.6. The lowest BCUT2D eigenvalue weighted by atomic mass is 10.0. The minimum Gasteiger partial charge on any atom is -0.307 e. The first kappa shape index (κ1) is 25.9. The van der Waals surface area contributed by atoms with Crippen molar-refractivity contribution in [1.82, 2.24) is 25.0 Å². The van der Waals surface area contributed by atoms with Crippen LogP contribution >= 0.6 is 0 Å². The summed E-state index contributed by atoms with van der Waals surface area (Å²) in [4.78, 5) is 26.7. The molecule has 0 aliphatic carbocycles. The van der Waals surface area contributed by atoms with Crippen LogP contribution in [0.3, 0.4) is 0 Å². The van der Waals surface area contributed by atoms with Crippen molar-refractivity contribution < 1.29 is 9.72 Å². The van der Waals surface area contributed by atoms with E-state index in [1.807, 2.05) is 42.6 Å². The fraction of sp³-hybridized carbons (Fsp3) is 0.346. The summed E-state index contributed by atoms with van der Waals surface area (Å²) in [6.45, 7) is 8.30. The lowest BCUT2D eigenvalue weighted by Gasteiger charge is -2.24. The van der Waals surface area contributed by atoms with Crippen molar-refractivity contribution in [2.45, 2.75) is 45.3 Å². The third kappa shape index (κ3) is 5.87. The SMILES string of the molecule is C=CCC(C)NCc1nnc(C(CC)N(C)C)n1-c1ccc([N+](=O)[O-])cc1C(=O)c1ccccc1. The van der Waals surface area contributed by atoms with Crippen molar-refractivity contribution in [2.75, 3.05) is 14.1 Å². The molecule has 35 heavy (non-hydrogen) atoms. The van der Waals surface area contributed by atoms with Crippen LogP contribution in [-0.4, -0.2) is 50.5 Å². The summed E-state index contributed by atoms with van der Waals surface area (Å²) in [6.07, 6.45) is 3.39. The molecular weight excluding hydrogens is 444 g/mol. The summed E-state index contributed by atoms with van der Waals surface area (Å²) < 4.78 is 1.86. The Labute approximate surface area is 205 Å². The number of rotatable bonds is 12. The van der Waals surface area contributed by atoms with Gasteiger partial charge in [-0.15, -0.1) is 16.8 Å². The highest BCUT2D eigenvalue weighted by Crippen LogP contribution is 2.29. The molecule has 3 aromatic rings. The number of non-ortho nitro benzene ring substituents is 1. The van der Waals surface area contributed by atoms with Crippen molar-refractivity contribution in [3.05, 3.63) is 94.1 Å². The molecule has 0 aliphatic heterocycles. The van der Waals surface area contributed by atoms with Gasteiger partial charge in [-0.3, -0.25) is 24.4 Å². The van der Waals surface area contributed by atoms with Gasteiger partial charge in [-0.05, 0) is 39.9 Å². The molecule has 3 rings (SSSR count). The second kappa shape index (κ2) is 11.6.